The molecule has 0 radical (unpaired) electrons. The summed E-state index contributed by atoms with van der Waals surface area (Å²) in [5, 5.41) is 45.2. The van der Waals surface area contributed by atoms with Gasteiger partial charge in [0.25, 0.3) is 5.91 Å². The molecular weight excluding hydrogens is 526 g/mol. The summed E-state index contributed by atoms with van der Waals surface area (Å²) in [6, 6.07) is 0.317. The molecule has 4 rings (SSSR count). The number of likely N-dealkylation sites (N-methyl/N-ethyl adjacent to an activating group) is 1. The Bertz CT molecular complexity index is 1350. The topological polar surface area (TPSA) is 165 Å². The fourth-order valence-electron chi connectivity index (χ4n) is 6.20. The van der Waals surface area contributed by atoms with Gasteiger partial charge in [0.1, 0.15) is 22.8 Å². The van der Waals surface area contributed by atoms with Gasteiger partial charge in [0.05, 0.1) is 11.6 Å². The van der Waals surface area contributed by atoms with E-state index >= 15 is 0 Å². The van der Waals surface area contributed by atoms with Crippen LogP contribution in [0.5, 0.6) is 5.75 Å². The van der Waals surface area contributed by atoms with E-state index in [2.05, 4.69) is 25.7 Å². The first-order chi connectivity index (χ1) is 18.0. The number of hydrogen-bond acceptors (Lipinski definition) is 9. The second kappa shape index (κ2) is 9.62. The number of rotatable bonds is 6. The molecule has 4 atom stereocenters. The Balaban J connectivity index is 1.89. The molecule has 1 aromatic rings. The zero-order valence-electron chi connectivity index (χ0n) is 23.0. The third-order valence-electron chi connectivity index (χ3n) is 9.04. The van der Waals surface area contributed by atoms with Gasteiger partial charge in [-0.1, -0.05) is 18.5 Å². The summed E-state index contributed by atoms with van der Waals surface area (Å²) in [4.78, 5) is 42.7. The number of carbonyl (C=O) groups is 3. The summed E-state index contributed by atoms with van der Waals surface area (Å²) < 4.78 is 0. The molecule has 0 bridgehead atoms. The molecule has 10 nitrogen and oxygen atoms in total. The summed E-state index contributed by atoms with van der Waals surface area (Å²) in [6.45, 7) is 6.68. The second-order valence-corrected chi connectivity index (χ2v) is 12.1. The third kappa shape index (κ3) is 4.16. The van der Waals surface area contributed by atoms with E-state index in [0.717, 1.165) is 6.42 Å². The maximum Gasteiger partial charge on any atom is 0.255 e. The van der Waals surface area contributed by atoms with Crippen LogP contribution in [0.1, 0.15) is 50.3 Å². The number of fused-ring (bicyclic) bond motifs is 3. The number of halogens is 1. The van der Waals surface area contributed by atoms with Crippen molar-refractivity contribution >= 4 is 34.8 Å². The number of aromatic hydroxyl groups is 1. The van der Waals surface area contributed by atoms with Crippen molar-refractivity contribution in [3.63, 3.8) is 0 Å². The summed E-state index contributed by atoms with van der Waals surface area (Å²) in [6.07, 6.45) is 1.04. The van der Waals surface area contributed by atoms with E-state index in [9.17, 15) is 34.8 Å². The maximum absolute atomic E-state index is 13.9. The number of Topliss-reactive ketones (excluding diaryl/α,β-unsaturated/α-hetero) is 2. The van der Waals surface area contributed by atoms with Crippen molar-refractivity contribution in [1.82, 2.24) is 9.80 Å². The van der Waals surface area contributed by atoms with Crippen LogP contribution in [0.25, 0.3) is 5.76 Å². The van der Waals surface area contributed by atoms with Crippen LogP contribution in [-0.2, 0) is 27.3 Å². The summed E-state index contributed by atoms with van der Waals surface area (Å²) in [5.41, 5.74) is 2.59. The van der Waals surface area contributed by atoms with Gasteiger partial charge in [-0.05, 0) is 77.4 Å². The first kappa shape index (κ1) is 29.1. The van der Waals surface area contributed by atoms with Crippen LogP contribution in [0.2, 0.25) is 5.02 Å². The number of phenolic OH excluding ortho intramolecular Hbond substituents is 1. The molecule has 6 N–H and O–H groups in total. The molecule has 11 heteroatoms. The first-order valence-electron chi connectivity index (χ1n) is 12.9. The molecule has 212 valence electrons. The normalized spacial score (nSPS) is 27.2. The number of primary amides is 1. The Morgan fingerprint density at radius 3 is 2.36 bits per heavy atom. The minimum absolute atomic E-state index is 0.00977. The van der Waals surface area contributed by atoms with Gasteiger partial charge in [-0.25, -0.2) is 0 Å². The molecule has 3 aliphatic carbocycles. The average molecular weight is 562 g/mol. The zero-order chi connectivity index (χ0) is 29.4. The predicted molar refractivity (Wildman–Crippen MR) is 145 cm³/mol. The quantitative estimate of drug-likeness (QED) is 0.327. The van der Waals surface area contributed by atoms with E-state index in [1.807, 2.05) is 7.05 Å². The van der Waals surface area contributed by atoms with Crippen molar-refractivity contribution in [1.29, 1.82) is 0 Å². The van der Waals surface area contributed by atoms with E-state index in [1.54, 1.807) is 14.1 Å². The van der Waals surface area contributed by atoms with Gasteiger partial charge in [-0.15, -0.1) is 0 Å². The molecule has 0 aliphatic heterocycles. The highest BCUT2D eigenvalue weighted by molar-refractivity contribution is 6.32. The zero-order valence-corrected chi connectivity index (χ0v) is 23.8. The van der Waals surface area contributed by atoms with E-state index in [-0.39, 0.29) is 35.3 Å². The number of benzene rings is 1. The van der Waals surface area contributed by atoms with Crippen molar-refractivity contribution in [2.75, 3.05) is 21.1 Å². The van der Waals surface area contributed by atoms with Gasteiger partial charge >= 0.3 is 0 Å². The number of aliphatic hydroxyl groups is 3. The minimum atomic E-state index is -2.67. The average Bonchev–Trinajstić information content (AvgIpc) is 2.83. The Hall–Kier alpha value is -2.92. The molecule has 1 aromatic carbocycles. The van der Waals surface area contributed by atoms with Gasteiger partial charge in [0.2, 0.25) is 5.78 Å². The lowest BCUT2D eigenvalue weighted by Crippen LogP contribution is -2.65. The largest absolute Gasteiger partial charge is 0.508 e. The van der Waals surface area contributed by atoms with Crippen molar-refractivity contribution in [3.05, 3.63) is 44.7 Å². The van der Waals surface area contributed by atoms with Crippen molar-refractivity contribution in [2.24, 2.45) is 17.6 Å². The number of carbonyl (C=O) groups excluding carboxylic acids is 3. The highest BCUT2D eigenvalue weighted by atomic mass is 35.5. The highest BCUT2D eigenvalue weighted by Crippen LogP contribution is 2.53. The predicted octanol–water partition coefficient (Wildman–Crippen LogP) is 2.24. The molecule has 39 heavy (non-hydrogen) atoms. The number of nitrogens with zero attached hydrogens (tertiary/aromatic N) is 2. The van der Waals surface area contributed by atoms with Crippen molar-refractivity contribution in [3.8, 4) is 5.75 Å². The minimum Gasteiger partial charge on any atom is -0.508 e. The van der Waals surface area contributed by atoms with Gasteiger partial charge in [-0.2, -0.15) is 0 Å². The molecule has 0 spiro atoms. The lowest BCUT2D eigenvalue weighted by atomic mass is 9.57. The van der Waals surface area contributed by atoms with Crippen LogP contribution in [0, 0.1) is 11.8 Å². The molecule has 0 aromatic heterocycles. The number of hydrogen-bond donors (Lipinski definition) is 5. The Morgan fingerprint density at radius 1 is 1.21 bits per heavy atom. The van der Waals surface area contributed by atoms with Crippen LogP contribution >= 0.6 is 11.6 Å². The molecule has 1 saturated carbocycles. The smallest absolute Gasteiger partial charge is 0.255 e. The van der Waals surface area contributed by atoms with Gasteiger partial charge in [-0.3, -0.25) is 24.2 Å². The van der Waals surface area contributed by atoms with Crippen LogP contribution in [0.3, 0.4) is 0 Å². The van der Waals surface area contributed by atoms with Gasteiger partial charge in [0, 0.05) is 28.6 Å². The molecule has 1 amide bonds. The molecule has 0 heterocycles. The number of nitrogens with two attached hydrogens (primary N) is 1. The Kier molecular flexibility index (Phi) is 7.17. The first-order valence-corrected chi connectivity index (χ1v) is 13.3. The highest BCUT2D eigenvalue weighted by Gasteiger charge is 2.64. The molecule has 1 unspecified atom stereocenters. The number of amides is 1. The SMILES string of the molecule is CCC(C)(C)N(C)Cc1cc(O)c2c(c1Cl)C[C@H]1C[C@H]3[C@H](N(C)C)C(=O)C(C(N)=O)=C(O)C3(O)C(=O)C1=C2O. The van der Waals surface area contributed by atoms with Crippen molar-refractivity contribution < 1.29 is 34.8 Å². The molecular formula is C28H36ClN3O7. The second-order valence-electron chi connectivity index (χ2n) is 11.7. The standard InChI is InChI=1S/C28H36ClN3O7/c1-7-27(2,3)32(6)11-13-10-16(33)18-14(20(13)29)8-12-9-15-21(31(4)5)23(35)19(26(30)38)25(37)28(15,39)24(36)17(12)22(18)34/h10,12,15,21,33-34,37,39H,7-9,11H2,1-6H3,(H2,30,38)/t12-,15-,21-,28?/m0/s1. The lowest BCUT2D eigenvalue weighted by Gasteiger charge is -2.50. The fraction of sp³-hybridized carbons (Fsp3) is 0.536. The van der Waals surface area contributed by atoms with Gasteiger partial charge < -0.3 is 26.2 Å². The van der Waals surface area contributed by atoms with Crippen LogP contribution in [0.15, 0.2) is 23.0 Å². The van der Waals surface area contributed by atoms with E-state index in [1.165, 1.54) is 11.0 Å². The van der Waals surface area contributed by atoms with Crippen LogP contribution < -0.4 is 5.73 Å². The lowest BCUT2D eigenvalue weighted by molar-refractivity contribution is -0.153. The van der Waals surface area contributed by atoms with E-state index < -0.39 is 58.0 Å². The van der Waals surface area contributed by atoms with Crippen molar-refractivity contribution in [2.45, 2.75) is 63.8 Å². The van der Waals surface area contributed by atoms with Crippen LogP contribution in [0.4, 0.5) is 0 Å². The third-order valence-corrected chi connectivity index (χ3v) is 9.51. The molecule has 3 aliphatic rings. The monoisotopic (exact) mass is 561 g/mol. The Morgan fingerprint density at radius 2 is 1.82 bits per heavy atom. The van der Waals surface area contributed by atoms with E-state index in [0.29, 0.717) is 22.7 Å². The summed E-state index contributed by atoms with van der Waals surface area (Å²) in [5.74, 6) is -6.87. The fourth-order valence-corrected chi connectivity index (χ4v) is 6.49. The van der Waals surface area contributed by atoms with Gasteiger partial charge in [0.15, 0.2) is 11.4 Å². The summed E-state index contributed by atoms with van der Waals surface area (Å²) >= 11 is 6.85. The van der Waals surface area contributed by atoms with E-state index in [4.69, 9.17) is 17.3 Å². The van der Waals surface area contributed by atoms with Crippen LogP contribution in [-0.4, -0.2) is 86.0 Å². The summed E-state index contributed by atoms with van der Waals surface area (Å²) in [7, 11) is 5.07. The maximum atomic E-state index is 13.9. The number of ketones is 2. The molecule has 1 fully saturated rings. The number of phenols is 1. The number of aliphatic hydroxyl groups excluding tert-OH is 2. The Labute approximate surface area is 232 Å². The molecule has 0 saturated heterocycles.